The number of amides is 2. The number of ether oxygens (including phenoxy) is 1. The molecule has 2 aromatic carbocycles. The zero-order chi connectivity index (χ0) is 23.4. The highest BCUT2D eigenvalue weighted by Crippen LogP contribution is 2.38. The van der Waals surface area contributed by atoms with Crippen molar-refractivity contribution in [3.63, 3.8) is 0 Å². The number of carbonyl (C=O) groups is 2. The molecule has 2 aliphatic heterocycles. The van der Waals surface area contributed by atoms with Crippen molar-refractivity contribution in [2.45, 2.75) is 47.6 Å². The summed E-state index contributed by atoms with van der Waals surface area (Å²) < 4.78 is 34.0. The van der Waals surface area contributed by atoms with Crippen molar-refractivity contribution in [3.05, 3.63) is 42.5 Å². The SMILES string of the molecule is CCOc1ccccc1NS(=O)(=O)c1ccc2c(c1)NC(=O)[C@H](C(=O)N1CCCCCC1)S2. The van der Waals surface area contributed by atoms with Crippen LogP contribution in [0.15, 0.2) is 52.3 Å². The molecule has 0 unspecified atom stereocenters. The molecular formula is C23H27N3O5S2. The van der Waals surface area contributed by atoms with Crippen LogP contribution in [0.5, 0.6) is 5.75 Å². The fourth-order valence-electron chi connectivity index (χ4n) is 3.91. The van der Waals surface area contributed by atoms with Crippen molar-refractivity contribution < 1.29 is 22.7 Å². The normalized spacial score (nSPS) is 18.6. The van der Waals surface area contributed by atoms with E-state index >= 15 is 0 Å². The van der Waals surface area contributed by atoms with Crippen LogP contribution in [0.25, 0.3) is 0 Å². The molecule has 8 nitrogen and oxygen atoms in total. The molecular weight excluding hydrogens is 462 g/mol. The summed E-state index contributed by atoms with van der Waals surface area (Å²) in [5.74, 6) is -0.179. The molecule has 0 saturated carbocycles. The maximum atomic E-state index is 13.0. The van der Waals surface area contributed by atoms with Crippen molar-refractivity contribution in [1.29, 1.82) is 0 Å². The van der Waals surface area contributed by atoms with Gasteiger partial charge in [0.05, 0.1) is 22.9 Å². The van der Waals surface area contributed by atoms with Crippen LogP contribution in [0.3, 0.4) is 0 Å². The van der Waals surface area contributed by atoms with Crippen LogP contribution in [0.2, 0.25) is 0 Å². The van der Waals surface area contributed by atoms with Gasteiger partial charge >= 0.3 is 0 Å². The van der Waals surface area contributed by atoms with Crippen molar-refractivity contribution in [3.8, 4) is 5.75 Å². The van der Waals surface area contributed by atoms with Crippen LogP contribution in [0.1, 0.15) is 32.6 Å². The van der Waals surface area contributed by atoms with Gasteiger partial charge in [0.25, 0.3) is 10.0 Å². The van der Waals surface area contributed by atoms with Gasteiger partial charge in [-0.25, -0.2) is 8.42 Å². The van der Waals surface area contributed by atoms with Crippen LogP contribution in [-0.2, 0) is 19.6 Å². The summed E-state index contributed by atoms with van der Waals surface area (Å²) in [7, 11) is -3.92. The van der Waals surface area contributed by atoms with Crippen LogP contribution in [-0.4, -0.2) is 50.1 Å². The average Bonchev–Trinajstić information content (AvgIpc) is 3.09. The summed E-state index contributed by atoms with van der Waals surface area (Å²) in [5, 5.41) is 1.86. The lowest BCUT2D eigenvalue weighted by molar-refractivity contribution is -0.133. The number of anilines is 2. The van der Waals surface area contributed by atoms with Crippen molar-refractivity contribution in [2.24, 2.45) is 0 Å². The highest BCUT2D eigenvalue weighted by atomic mass is 32.2. The molecule has 0 aliphatic carbocycles. The van der Waals surface area contributed by atoms with Crippen molar-refractivity contribution in [2.75, 3.05) is 29.7 Å². The van der Waals surface area contributed by atoms with Gasteiger partial charge in [-0.15, -0.1) is 11.8 Å². The Balaban J connectivity index is 1.53. The summed E-state index contributed by atoms with van der Waals surface area (Å²) in [6.45, 7) is 3.56. The number of hydrogen-bond donors (Lipinski definition) is 2. The summed E-state index contributed by atoms with van der Waals surface area (Å²) in [6, 6.07) is 11.3. The Bertz CT molecular complexity index is 1140. The molecule has 4 rings (SSSR count). The maximum Gasteiger partial charge on any atom is 0.262 e. The summed E-state index contributed by atoms with van der Waals surface area (Å²) >= 11 is 1.17. The Labute approximate surface area is 198 Å². The highest BCUT2D eigenvalue weighted by molar-refractivity contribution is 8.01. The van der Waals surface area contributed by atoms with Gasteiger partial charge in [-0.2, -0.15) is 0 Å². The standard InChI is InChI=1S/C23H27N3O5S2/c1-2-31-19-10-6-5-9-17(19)25-33(29,30)16-11-12-20-18(15-16)24-22(27)21(32-20)23(28)26-13-7-3-4-8-14-26/h5-6,9-12,15,21,25H,2-4,7-8,13-14H2,1H3,(H,24,27)/t21-/m1/s1. The van der Waals surface area contributed by atoms with Gasteiger partial charge < -0.3 is 15.0 Å². The number of para-hydroxylation sites is 2. The molecule has 2 amide bonds. The molecule has 2 aromatic rings. The van der Waals surface area contributed by atoms with Crippen LogP contribution >= 0.6 is 11.8 Å². The number of hydrogen-bond acceptors (Lipinski definition) is 6. The quantitative estimate of drug-likeness (QED) is 0.600. The Kier molecular flexibility index (Phi) is 7.14. The fraction of sp³-hybridized carbons (Fsp3) is 0.391. The van der Waals surface area contributed by atoms with Crippen LogP contribution in [0, 0.1) is 0 Å². The summed E-state index contributed by atoms with van der Waals surface area (Å²) in [5.41, 5.74) is 0.712. The topological polar surface area (TPSA) is 105 Å². The first-order valence-corrected chi connectivity index (χ1v) is 13.4. The van der Waals surface area contributed by atoms with E-state index in [4.69, 9.17) is 4.74 Å². The van der Waals surface area contributed by atoms with Crippen LogP contribution in [0.4, 0.5) is 11.4 Å². The number of nitrogens with one attached hydrogen (secondary N) is 2. The smallest absolute Gasteiger partial charge is 0.262 e. The van der Waals surface area contributed by atoms with E-state index in [0.717, 1.165) is 25.7 Å². The predicted molar refractivity (Wildman–Crippen MR) is 128 cm³/mol. The zero-order valence-electron chi connectivity index (χ0n) is 18.4. The van der Waals surface area contributed by atoms with E-state index < -0.39 is 21.2 Å². The number of likely N-dealkylation sites (tertiary alicyclic amines) is 1. The van der Waals surface area contributed by atoms with E-state index in [-0.39, 0.29) is 10.8 Å². The molecule has 10 heteroatoms. The van der Waals surface area contributed by atoms with E-state index in [9.17, 15) is 18.0 Å². The molecule has 0 radical (unpaired) electrons. The monoisotopic (exact) mass is 489 g/mol. The molecule has 2 heterocycles. The van der Waals surface area contributed by atoms with E-state index in [1.807, 2.05) is 6.92 Å². The molecule has 2 N–H and O–H groups in total. The minimum atomic E-state index is -3.92. The second-order valence-electron chi connectivity index (χ2n) is 7.92. The molecule has 0 spiro atoms. The van der Waals surface area contributed by atoms with Crippen molar-refractivity contribution in [1.82, 2.24) is 4.90 Å². The van der Waals surface area contributed by atoms with Gasteiger partial charge in [0, 0.05) is 18.0 Å². The molecule has 1 fully saturated rings. The number of fused-ring (bicyclic) bond motifs is 1. The van der Waals surface area contributed by atoms with Crippen molar-refractivity contribution >= 4 is 45.0 Å². The Hall–Kier alpha value is -2.72. The molecule has 1 saturated heterocycles. The second kappa shape index (κ2) is 10.0. The third-order valence-electron chi connectivity index (χ3n) is 5.58. The molecule has 0 bridgehead atoms. The van der Waals surface area contributed by atoms with Gasteiger partial charge in [0.2, 0.25) is 11.8 Å². The fourth-order valence-corrected chi connectivity index (χ4v) is 6.06. The lowest BCUT2D eigenvalue weighted by Gasteiger charge is -2.28. The minimum absolute atomic E-state index is 0.00532. The number of sulfonamides is 1. The Morgan fingerprint density at radius 2 is 1.88 bits per heavy atom. The number of rotatable bonds is 6. The van der Waals surface area contributed by atoms with E-state index in [2.05, 4.69) is 10.0 Å². The molecule has 1 atom stereocenters. The first kappa shape index (κ1) is 23.4. The van der Waals surface area contributed by atoms with Gasteiger partial charge in [0.1, 0.15) is 5.75 Å². The van der Waals surface area contributed by atoms with E-state index in [1.54, 1.807) is 35.2 Å². The summed E-state index contributed by atoms with van der Waals surface area (Å²) in [4.78, 5) is 28.1. The average molecular weight is 490 g/mol. The molecule has 33 heavy (non-hydrogen) atoms. The molecule has 0 aromatic heterocycles. The third-order valence-corrected chi connectivity index (χ3v) is 8.20. The third kappa shape index (κ3) is 5.27. The van der Waals surface area contributed by atoms with Gasteiger partial charge in [0.15, 0.2) is 5.25 Å². The lowest BCUT2D eigenvalue weighted by atomic mass is 10.2. The van der Waals surface area contributed by atoms with Gasteiger partial charge in [-0.1, -0.05) is 25.0 Å². The van der Waals surface area contributed by atoms with Gasteiger partial charge in [-0.05, 0) is 50.1 Å². The number of carbonyl (C=O) groups excluding carboxylic acids is 2. The second-order valence-corrected chi connectivity index (χ2v) is 10.7. The number of benzene rings is 2. The Morgan fingerprint density at radius 3 is 2.61 bits per heavy atom. The highest BCUT2D eigenvalue weighted by Gasteiger charge is 2.36. The van der Waals surface area contributed by atoms with E-state index in [1.165, 1.54) is 23.9 Å². The van der Waals surface area contributed by atoms with Crippen LogP contribution < -0.4 is 14.8 Å². The first-order valence-electron chi connectivity index (χ1n) is 11.0. The first-order chi connectivity index (χ1) is 15.9. The number of thioether (sulfide) groups is 1. The summed E-state index contributed by atoms with van der Waals surface area (Å²) in [6.07, 6.45) is 4.08. The lowest BCUT2D eigenvalue weighted by Crippen LogP contribution is -2.45. The maximum absolute atomic E-state index is 13.0. The molecule has 176 valence electrons. The predicted octanol–water partition coefficient (Wildman–Crippen LogP) is 3.70. The number of nitrogens with zero attached hydrogens (tertiary/aromatic N) is 1. The minimum Gasteiger partial charge on any atom is -0.492 e. The van der Waals surface area contributed by atoms with E-state index in [0.29, 0.717) is 41.7 Å². The largest absolute Gasteiger partial charge is 0.492 e. The molecule has 2 aliphatic rings. The Morgan fingerprint density at radius 1 is 1.15 bits per heavy atom. The van der Waals surface area contributed by atoms with Gasteiger partial charge in [-0.3, -0.25) is 14.3 Å². The zero-order valence-corrected chi connectivity index (χ0v) is 20.0.